The lowest BCUT2D eigenvalue weighted by Crippen LogP contribution is -2.41. The predicted molar refractivity (Wildman–Crippen MR) is 76.7 cm³/mol. The summed E-state index contributed by atoms with van der Waals surface area (Å²) in [5, 5.41) is 11.6. The number of carboxylic acids is 1. The number of likely N-dealkylation sites (tertiary alicyclic amines) is 1. The van der Waals surface area contributed by atoms with Crippen molar-refractivity contribution >= 4 is 17.7 Å². The molecule has 2 amide bonds. The lowest BCUT2D eigenvalue weighted by molar-refractivity contribution is -0.138. The summed E-state index contributed by atoms with van der Waals surface area (Å²) < 4.78 is 0. The molecule has 20 heavy (non-hydrogen) atoms. The Kier molecular flexibility index (Phi) is 4.61. The first-order valence-corrected chi connectivity index (χ1v) is 6.89. The van der Waals surface area contributed by atoms with Crippen molar-refractivity contribution < 1.29 is 14.7 Å². The van der Waals surface area contributed by atoms with Crippen LogP contribution in [0.15, 0.2) is 24.3 Å². The molecule has 0 bridgehead atoms. The Labute approximate surface area is 118 Å². The van der Waals surface area contributed by atoms with Gasteiger partial charge in [0.25, 0.3) is 0 Å². The standard InChI is InChI=1S/C15H20N2O3/c1-11-2-4-13(5-3-11)16-15(20)17-8-6-12(7-9-17)10-14(18)19/h2-5,12H,6-10H2,1H3,(H,16,20)(H,18,19). The van der Waals surface area contributed by atoms with E-state index in [0.29, 0.717) is 13.1 Å². The molecule has 1 saturated heterocycles. The van der Waals surface area contributed by atoms with E-state index >= 15 is 0 Å². The Bertz CT molecular complexity index is 476. The van der Waals surface area contributed by atoms with E-state index in [1.807, 2.05) is 31.2 Å². The quantitative estimate of drug-likeness (QED) is 0.891. The van der Waals surface area contributed by atoms with Crippen molar-refractivity contribution in [2.24, 2.45) is 5.92 Å². The number of anilines is 1. The van der Waals surface area contributed by atoms with Crippen LogP contribution in [-0.2, 0) is 4.79 Å². The molecule has 1 fully saturated rings. The maximum atomic E-state index is 12.1. The zero-order valence-corrected chi connectivity index (χ0v) is 11.6. The first-order chi connectivity index (χ1) is 9.54. The third-order valence-corrected chi connectivity index (χ3v) is 3.67. The molecular formula is C15H20N2O3. The minimum atomic E-state index is -0.757. The number of nitrogens with one attached hydrogen (secondary N) is 1. The van der Waals surface area contributed by atoms with E-state index in [1.165, 1.54) is 0 Å². The van der Waals surface area contributed by atoms with Crippen molar-refractivity contribution in [1.82, 2.24) is 4.90 Å². The number of hydrogen-bond donors (Lipinski definition) is 2. The normalized spacial score (nSPS) is 15.9. The van der Waals surface area contributed by atoms with Gasteiger partial charge < -0.3 is 15.3 Å². The van der Waals surface area contributed by atoms with Crippen molar-refractivity contribution in [2.75, 3.05) is 18.4 Å². The topological polar surface area (TPSA) is 69.6 Å². The molecule has 0 unspecified atom stereocenters. The molecule has 5 nitrogen and oxygen atoms in total. The highest BCUT2D eigenvalue weighted by molar-refractivity contribution is 5.89. The molecule has 0 aliphatic carbocycles. The second-order valence-electron chi connectivity index (χ2n) is 5.32. The number of piperidine rings is 1. The number of carbonyl (C=O) groups excluding carboxylic acids is 1. The van der Waals surface area contributed by atoms with Crippen LogP contribution in [-0.4, -0.2) is 35.1 Å². The minimum absolute atomic E-state index is 0.109. The number of rotatable bonds is 3. The highest BCUT2D eigenvalue weighted by Crippen LogP contribution is 2.21. The molecule has 5 heteroatoms. The molecule has 0 radical (unpaired) electrons. The molecule has 1 aromatic rings. The van der Waals surface area contributed by atoms with Crippen molar-refractivity contribution in [3.8, 4) is 0 Å². The van der Waals surface area contributed by atoms with Gasteiger partial charge >= 0.3 is 12.0 Å². The molecule has 2 N–H and O–H groups in total. The van der Waals surface area contributed by atoms with Gasteiger partial charge in [-0.15, -0.1) is 0 Å². The number of amides is 2. The van der Waals surface area contributed by atoms with Crippen LogP contribution in [0.4, 0.5) is 10.5 Å². The summed E-state index contributed by atoms with van der Waals surface area (Å²) in [6.07, 6.45) is 1.72. The van der Waals surface area contributed by atoms with Crippen LogP contribution in [0.2, 0.25) is 0 Å². The SMILES string of the molecule is Cc1ccc(NC(=O)N2CCC(CC(=O)O)CC2)cc1. The van der Waals surface area contributed by atoms with Gasteiger partial charge in [0, 0.05) is 25.2 Å². The summed E-state index contributed by atoms with van der Waals surface area (Å²) in [7, 11) is 0. The van der Waals surface area contributed by atoms with Crippen LogP contribution in [0.25, 0.3) is 0 Å². The lowest BCUT2D eigenvalue weighted by atomic mass is 9.94. The van der Waals surface area contributed by atoms with Gasteiger partial charge in [0.05, 0.1) is 0 Å². The zero-order chi connectivity index (χ0) is 14.5. The summed E-state index contributed by atoms with van der Waals surface area (Å²) >= 11 is 0. The molecule has 2 rings (SSSR count). The Morgan fingerprint density at radius 2 is 1.85 bits per heavy atom. The van der Waals surface area contributed by atoms with Crippen LogP contribution >= 0.6 is 0 Å². The summed E-state index contributed by atoms with van der Waals surface area (Å²) in [6, 6.07) is 7.56. The van der Waals surface area contributed by atoms with Crippen LogP contribution in [0, 0.1) is 12.8 Å². The Hall–Kier alpha value is -2.04. The third-order valence-electron chi connectivity index (χ3n) is 3.67. The summed E-state index contributed by atoms with van der Waals surface area (Å²) in [6.45, 7) is 3.24. The zero-order valence-electron chi connectivity index (χ0n) is 11.6. The second kappa shape index (κ2) is 6.41. The Morgan fingerprint density at radius 1 is 1.25 bits per heavy atom. The van der Waals surface area contributed by atoms with E-state index in [2.05, 4.69) is 5.32 Å². The van der Waals surface area contributed by atoms with E-state index in [-0.39, 0.29) is 18.4 Å². The summed E-state index contributed by atoms with van der Waals surface area (Å²) in [5.41, 5.74) is 1.94. The van der Waals surface area contributed by atoms with Crippen LogP contribution < -0.4 is 5.32 Å². The molecule has 1 heterocycles. The maximum absolute atomic E-state index is 12.1. The van der Waals surface area contributed by atoms with Gasteiger partial charge in [-0.3, -0.25) is 4.79 Å². The van der Waals surface area contributed by atoms with Crippen LogP contribution in [0.1, 0.15) is 24.8 Å². The molecular weight excluding hydrogens is 256 g/mol. The first kappa shape index (κ1) is 14.4. The molecule has 1 aliphatic heterocycles. The van der Waals surface area contributed by atoms with Gasteiger partial charge in [-0.1, -0.05) is 17.7 Å². The Morgan fingerprint density at radius 3 is 2.40 bits per heavy atom. The van der Waals surface area contributed by atoms with Crippen LogP contribution in [0.3, 0.4) is 0 Å². The smallest absolute Gasteiger partial charge is 0.321 e. The number of aliphatic carboxylic acids is 1. The van der Waals surface area contributed by atoms with E-state index in [4.69, 9.17) is 5.11 Å². The van der Waals surface area contributed by atoms with Crippen molar-refractivity contribution in [2.45, 2.75) is 26.2 Å². The highest BCUT2D eigenvalue weighted by Gasteiger charge is 2.24. The number of aryl methyl sites for hydroxylation is 1. The summed E-state index contributed by atoms with van der Waals surface area (Å²) in [4.78, 5) is 24.5. The average molecular weight is 276 g/mol. The maximum Gasteiger partial charge on any atom is 0.321 e. The molecule has 0 spiro atoms. The summed E-state index contributed by atoms with van der Waals surface area (Å²) in [5.74, 6) is -0.566. The van der Waals surface area contributed by atoms with Crippen molar-refractivity contribution in [1.29, 1.82) is 0 Å². The highest BCUT2D eigenvalue weighted by atomic mass is 16.4. The first-order valence-electron chi connectivity index (χ1n) is 6.89. The number of hydrogen-bond acceptors (Lipinski definition) is 2. The van der Waals surface area contributed by atoms with Gasteiger partial charge in [0.15, 0.2) is 0 Å². The average Bonchev–Trinajstić information content (AvgIpc) is 2.41. The number of carbonyl (C=O) groups is 2. The minimum Gasteiger partial charge on any atom is -0.481 e. The van der Waals surface area contributed by atoms with Crippen molar-refractivity contribution in [3.05, 3.63) is 29.8 Å². The fourth-order valence-electron chi connectivity index (χ4n) is 2.43. The van der Waals surface area contributed by atoms with E-state index in [1.54, 1.807) is 4.90 Å². The molecule has 1 aliphatic rings. The fourth-order valence-corrected chi connectivity index (χ4v) is 2.43. The van der Waals surface area contributed by atoms with E-state index in [0.717, 1.165) is 24.1 Å². The predicted octanol–water partition coefficient (Wildman–Crippen LogP) is 2.71. The molecule has 0 saturated carbocycles. The van der Waals surface area contributed by atoms with Gasteiger partial charge in [0.1, 0.15) is 0 Å². The monoisotopic (exact) mass is 276 g/mol. The van der Waals surface area contributed by atoms with Crippen LogP contribution in [0.5, 0.6) is 0 Å². The third kappa shape index (κ3) is 3.98. The van der Waals surface area contributed by atoms with Gasteiger partial charge in [-0.05, 0) is 37.8 Å². The van der Waals surface area contributed by atoms with E-state index < -0.39 is 5.97 Å². The van der Waals surface area contributed by atoms with E-state index in [9.17, 15) is 9.59 Å². The fraction of sp³-hybridized carbons (Fsp3) is 0.467. The number of nitrogens with zero attached hydrogens (tertiary/aromatic N) is 1. The lowest BCUT2D eigenvalue weighted by Gasteiger charge is -2.31. The number of carboxylic acid groups (broad SMARTS) is 1. The number of urea groups is 1. The molecule has 108 valence electrons. The Balaban J connectivity index is 1.82. The molecule has 1 aromatic carbocycles. The largest absolute Gasteiger partial charge is 0.481 e. The van der Waals surface area contributed by atoms with Crippen molar-refractivity contribution in [3.63, 3.8) is 0 Å². The number of benzene rings is 1. The van der Waals surface area contributed by atoms with Gasteiger partial charge in [-0.2, -0.15) is 0 Å². The second-order valence-corrected chi connectivity index (χ2v) is 5.32. The molecule has 0 atom stereocenters. The van der Waals surface area contributed by atoms with Gasteiger partial charge in [-0.25, -0.2) is 4.79 Å². The molecule has 0 aromatic heterocycles. The van der Waals surface area contributed by atoms with Gasteiger partial charge in [0.2, 0.25) is 0 Å².